The number of ketones is 1. The summed E-state index contributed by atoms with van der Waals surface area (Å²) in [4.78, 5) is 11.6. The monoisotopic (exact) mass is 293 g/mol. The van der Waals surface area contributed by atoms with E-state index in [0.29, 0.717) is 10.3 Å². The highest BCUT2D eigenvalue weighted by atomic mass is 79.9. The number of benzene rings is 1. The SMILES string of the molecule is CC(=O)c1c(Br)nnn1[C@H](C)c1ccccc1. The Balaban J connectivity index is 2.45. The van der Waals surface area contributed by atoms with Crippen LogP contribution in [0.25, 0.3) is 0 Å². The minimum atomic E-state index is -0.0512. The molecule has 0 saturated carbocycles. The molecule has 0 unspecified atom stereocenters. The van der Waals surface area contributed by atoms with Crippen LogP contribution in [0, 0.1) is 0 Å². The number of halogens is 1. The molecule has 0 N–H and O–H groups in total. The highest BCUT2D eigenvalue weighted by Gasteiger charge is 2.19. The summed E-state index contributed by atoms with van der Waals surface area (Å²) in [5.41, 5.74) is 1.59. The van der Waals surface area contributed by atoms with Crippen molar-refractivity contribution in [2.24, 2.45) is 0 Å². The molecule has 4 nitrogen and oxygen atoms in total. The van der Waals surface area contributed by atoms with E-state index in [-0.39, 0.29) is 11.8 Å². The smallest absolute Gasteiger partial charge is 0.180 e. The molecule has 0 bridgehead atoms. The number of carbonyl (C=O) groups excluding carboxylic acids is 1. The fraction of sp³-hybridized carbons (Fsp3) is 0.250. The summed E-state index contributed by atoms with van der Waals surface area (Å²) in [7, 11) is 0. The molecule has 0 radical (unpaired) electrons. The third-order valence-electron chi connectivity index (χ3n) is 2.64. The summed E-state index contributed by atoms with van der Waals surface area (Å²) in [5.74, 6) is -0.0512. The van der Waals surface area contributed by atoms with Gasteiger partial charge in [-0.3, -0.25) is 4.79 Å². The van der Waals surface area contributed by atoms with Crippen LogP contribution < -0.4 is 0 Å². The molecular weight excluding hydrogens is 282 g/mol. The first-order valence-electron chi connectivity index (χ1n) is 5.28. The predicted octanol–water partition coefficient (Wildman–Crippen LogP) is 2.85. The van der Waals surface area contributed by atoms with Gasteiger partial charge < -0.3 is 0 Å². The van der Waals surface area contributed by atoms with Crippen molar-refractivity contribution in [1.82, 2.24) is 15.0 Å². The predicted molar refractivity (Wildman–Crippen MR) is 68.0 cm³/mol. The van der Waals surface area contributed by atoms with E-state index < -0.39 is 0 Å². The van der Waals surface area contributed by atoms with Crippen molar-refractivity contribution < 1.29 is 4.79 Å². The highest BCUT2D eigenvalue weighted by Crippen LogP contribution is 2.22. The van der Waals surface area contributed by atoms with Gasteiger partial charge in [0, 0.05) is 6.92 Å². The number of hydrogen-bond donors (Lipinski definition) is 0. The van der Waals surface area contributed by atoms with Gasteiger partial charge in [0.05, 0.1) is 6.04 Å². The summed E-state index contributed by atoms with van der Waals surface area (Å²) < 4.78 is 2.13. The fourth-order valence-electron chi connectivity index (χ4n) is 1.72. The van der Waals surface area contributed by atoms with Crippen LogP contribution in [-0.2, 0) is 0 Å². The van der Waals surface area contributed by atoms with Crippen LogP contribution in [0.2, 0.25) is 0 Å². The second kappa shape index (κ2) is 4.79. The van der Waals surface area contributed by atoms with E-state index in [1.54, 1.807) is 4.68 Å². The van der Waals surface area contributed by atoms with Crippen molar-refractivity contribution in [3.63, 3.8) is 0 Å². The van der Waals surface area contributed by atoms with Gasteiger partial charge in [0.25, 0.3) is 0 Å². The fourth-order valence-corrected chi connectivity index (χ4v) is 2.26. The van der Waals surface area contributed by atoms with Crippen LogP contribution in [0.5, 0.6) is 0 Å². The first kappa shape index (κ1) is 12.0. The molecule has 0 spiro atoms. The van der Waals surface area contributed by atoms with Crippen LogP contribution in [0.1, 0.15) is 35.9 Å². The second-order valence-corrected chi connectivity index (χ2v) is 4.57. The Morgan fingerprint density at radius 1 is 1.35 bits per heavy atom. The Bertz CT molecular complexity index is 536. The van der Waals surface area contributed by atoms with Gasteiger partial charge in [0.1, 0.15) is 5.69 Å². The Labute approximate surface area is 108 Å². The maximum atomic E-state index is 11.6. The number of carbonyl (C=O) groups is 1. The Kier molecular flexibility index (Phi) is 3.38. The molecule has 2 rings (SSSR count). The zero-order chi connectivity index (χ0) is 12.4. The molecule has 1 heterocycles. The van der Waals surface area contributed by atoms with Gasteiger partial charge in [-0.2, -0.15) is 0 Å². The minimum absolute atomic E-state index is 0.0195. The molecule has 0 aliphatic carbocycles. The molecule has 0 fully saturated rings. The van der Waals surface area contributed by atoms with Gasteiger partial charge in [0.2, 0.25) is 0 Å². The molecule has 5 heteroatoms. The van der Waals surface area contributed by atoms with Crippen molar-refractivity contribution in [3.8, 4) is 0 Å². The molecule has 2 aromatic rings. The number of aromatic nitrogens is 3. The summed E-state index contributed by atoms with van der Waals surface area (Å²) >= 11 is 3.24. The van der Waals surface area contributed by atoms with Crippen LogP contribution in [-0.4, -0.2) is 20.8 Å². The number of rotatable bonds is 3. The van der Waals surface area contributed by atoms with Crippen molar-refractivity contribution in [3.05, 3.63) is 46.2 Å². The van der Waals surface area contributed by atoms with E-state index in [2.05, 4.69) is 26.2 Å². The first-order chi connectivity index (χ1) is 8.11. The van der Waals surface area contributed by atoms with Crippen molar-refractivity contribution >= 4 is 21.7 Å². The number of hydrogen-bond acceptors (Lipinski definition) is 3. The number of Topliss-reactive ketones (excluding diaryl/α,β-unsaturated/α-hetero) is 1. The molecule has 1 aromatic carbocycles. The first-order valence-corrected chi connectivity index (χ1v) is 6.07. The average Bonchev–Trinajstić information content (AvgIpc) is 2.71. The molecular formula is C12H12BrN3O. The Hall–Kier alpha value is -1.49. The van der Waals surface area contributed by atoms with Crippen molar-refractivity contribution in [1.29, 1.82) is 0 Å². The van der Waals surface area contributed by atoms with Crippen molar-refractivity contribution in [2.45, 2.75) is 19.9 Å². The maximum absolute atomic E-state index is 11.6. The van der Waals surface area contributed by atoms with E-state index in [9.17, 15) is 4.79 Å². The lowest BCUT2D eigenvalue weighted by Gasteiger charge is -2.13. The molecule has 0 aliphatic rings. The molecule has 0 saturated heterocycles. The lowest BCUT2D eigenvalue weighted by Crippen LogP contribution is -2.14. The van der Waals surface area contributed by atoms with Crippen LogP contribution in [0.4, 0.5) is 0 Å². The molecule has 1 aromatic heterocycles. The van der Waals surface area contributed by atoms with Crippen LogP contribution in [0.15, 0.2) is 34.9 Å². The summed E-state index contributed by atoms with van der Waals surface area (Å²) in [6.07, 6.45) is 0. The lowest BCUT2D eigenvalue weighted by molar-refractivity contribution is 0.100. The lowest BCUT2D eigenvalue weighted by atomic mass is 10.1. The van der Waals surface area contributed by atoms with E-state index in [1.807, 2.05) is 37.3 Å². The van der Waals surface area contributed by atoms with Gasteiger partial charge in [-0.15, -0.1) is 5.10 Å². The normalized spacial score (nSPS) is 12.4. The zero-order valence-electron chi connectivity index (χ0n) is 9.59. The Morgan fingerprint density at radius 3 is 2.59 bits per heavy atom. The highest BCUT2D eigenvalue weighted by molar-refractivity contribution is 9.10. The zero-order valence-corrected chi connectivity index (χ0v) is 11.2. The minimum Gasteiger partial charge on any atom is -0.293 e. The van der Waals surface area contributed by atoms with Gasteiger partial charge in [0.15, 0.2) is 10.4 Å². The largest absolute Gasteiger partial charge is 0.293 e. The molecule has 0 aliphatic heterocycles. The molecule has 1 atom stereocenters. The Morgan fingerprint density at radius 2 is 2.00 bits per heavy atom. The number of nitrogens with zero attached hydrogens (tertiary/aromatic N) is 3. The maximum Gasteiger partial charge on any atom is 0.180 e. The third kappa shape index (κ3) is 2.29. The van der Waals surface area contributed by atoms with Crippen LogP contribution in [0.3, 0.4) is 0 Å². The summed E-state index contributed by atoms with van der Waals surface area (Å²) in [6, 6.07) is 9.87. The van der Waals surface area contributed by atoms with E-state index >= 15 is 0 Å². The van der Waals surface area contributed by atoms with Gasteiger partial charge in [-0.1, -0.05) is 35.5 Å². The van der Waals surface area contributed by atoms with E-state index in [0.717, 1.165) is 5.56 Å². The van der Waals surface area contributed by atoms with Crippen molar-refractivity contribution in [2.75, 3.05) is 0 Å². The summed E-state index contributed by atoms with van der Waals surface area (Å²) in [6.45, 7) is 3.50. The van der Waals surface area contributed by atoms with Gasteiger partial charge in [-0.05, 0) is 28.4 Å². The summed E-state index contributed by atoms with van der Waals surface area (Å²) in [5, 5.41) is 7.91. The van der Waals surface area contributed by atoms with E-state index in [1.165, 1.54) is 6.92 Å². The topological polar surface area (TPSA) is 47.8 Å². The standard InChI is InChI=1S/C12H12BrN3O/c1-8(10-6-4-3-5-7-10)16-11(9(2)17)12(13)14-15-16/h3-8H,1-2H3/t8-/m1/s1. The van der Waals surface area contributed by atoms with Gasteiger partial charge in [-0.25, -0.2) is 4.68 Å². The van der Waals surface area contributed by atoms with E-state index in [4.69, 9.17) is 0 Å². The van der Waals surface area contributed by atoms with Crippen LogP contribution >= 0.6 is 15.9 Å². The second-order valence-electron chi connectivity index (χ2n) is 3.82. The average molecular weight is 294 g/mol. The quantitative estimate of drug-likeness (QED) is 0.818. The molecule has 88 valence electrons. The molecule has 17 heavy (non-hydrogen) atoms. The molecule has 0 amide bonds. The third-order valence-corrected chi connectivity index (χ3v) is 3.17. The van der Waals surface area contributed by atoms with Gasteiger partial charge >= 0.3 is 0 Å².